The van der Waals surface area contributed by atoms with E-state index < -0.39 is 0 Å². The van der Waals surface area contributed by atoms with Gasteiger partial charge in [-0.1, -0.05) is 6.07 Å². The Morgan fingerprint density at radius 3 is 2.86 bits per heavy atom. The van der Waals surface area contributed by atoms with E-state index in [4.69, 9.17) is 14.2 Å². The van der Waals surface area contributed by atoms with Crippen molar-refractivity contribution in [2.75, 3.05) is 27.0 Å². The van der Waals surface area contributed by atoms with Crippen molar-refractivity contribution in [2.45, 2.75) is 32.9 Å². The summed E-state index contributed by atoms with van der Waals surface area (Å²) in [6, 6.07) is 5.93. The van der Waals surface area contributed by atoms with E-state index in [2.05, 4.69) is 15.6 Å². The first-order chi connectivity index (χ1) is 10.7. The number of nitrogens with zero attached hydrogens (tertiary/aromatic N) is 1. The Hall–Kier alpha value is -1.95. The van der Waals surface area contributed by atoms with Gasteiger partial charge in [0.05, 0.1) is 6.10 Å². The average Bonchev–Trinajstić information content (AvgIpc) is 2.97. The lowest BCUT2D eigenvalue weighted by molar-refractivity contribution is 0.0776. The van der Waals surface area contributed by atoms with E-state index in [0.29, 0.717) is 13.3 Å². The van der Waals surface area contributed by atoms with Gasteiger partial charge in [0, 0.05) is 26.7 Å². The van der Waals surface area contributed by atoms with Crippen molar-refractivity contribution in [1.82, 2.24) is 10.6 Å². The molecule has 6 heteroatoms. The Morgan fingerprint density at radius 1 is 1.27 bits per heavy atom. The molecule has 1 aromatic carbocycles. The third kappa shape index (κ3) is 5.11. The van der Waals surface area contributed by atoms with Crippen LogP contribution in [0.4, 0.5) is 0 Å². The van der Waals surface area contributed by atoms with Crippen LogP contribution in [0.3, 0.4) is 0 Å². The first-order valence-electron chi connectivity index (χ1n) is 7.63. The molecule has 2 rings (SSSR count). The third-order valence-corrected chi connectivity index (χ3v) is 3.19. The molecule has 0 saturated heterocycles. The van der Waals surface area contributed by atoms with Crippen molar-refractivity contribution in [3.63, 3.8) is 0 Å². The standard InChI is InChI=1S/C16H25N3O3/c1-12(2)20-8-4-7-18-16(17-3)19-10-13-5-6-14-15(9-13)22-11-21-14/h5-6,9,12H,4,7-8,10-11H2,1-3H3,(H2,17,18,19). The number of hydrogen-bond donors (Lipinski definition) is 2. The van der Waals surface area contributed by atoms with E-state index in [-0.39, 0.29) is 6.10 Å². The molecule has 0 bridgehead atoms. The Bertz CT molecular complexity index is 503. The molecule has 22 heavy (non-hydrogen) atoms. The number of rotatable bonds is 7. The van der Waals surface area contributed by atoms with E-state index in [1.165, 1.54) is 0 Å². The minimum Gasteiger partial charge on any atom is -0.454 e. The highest BCUT2D eigenvalue weighted by molar-refractivity contribution is 5.79. The van der Waals surface area contributed by atoms with Gasteiger partial charge in [0.15, 0.2) is 17.5 Å². The first-order valence-corrected chi connectivity index (χ1v) is 7.63. The minimum atomic E-state index is 0.281. The summed E-state index contributed by atoms with van der Waals surface area (Å²) >= 11 is 0. The fourth-order valence-corrected chi connectivity index (χ4v) is 2.06. The van der Waals surface area contributed by atoms with Crippen LogP contribution in [-0.4, -0.2) is 39.1 Å². The molecule has 1 aromatic rings. The number of ether oxygens (including phenoxy) is 3. The molecule has 0 fully saturated rings. The molecule has 1 aliphatic heterocycles. The highest BCUT2D eigenvalue weighted by Crippen LogP contribution is 2.32. The largest absolute Gasteiger partial charge is 0.454 e. The van der Waals surface area contributed by atoms with Crippen molar-refractivity contribution >= 4 is 5.96 Å². The second kappa shape index (κ2) is 8.48. The highest BCUT2D eigenvalue weighted by Gasteiger charge is 2.13. The molecule has 0 radical (unpaired) electrons. The van der Waals surface area contributed by atoms with Crippen LogP contribution in [0.25, 0.3) is 0 Å². The number of fused-ring (bicyclic) bond motifs is 1. The smallest absolute Gasteiger partial charge is 0.231 e. The van der Waals surface area contributed by atoms with Crippen LogP contribution < -0.4 is 20.1 Å². The maximum Gasteiger partial charge on any atom is 0.231 e. The number of nitrogens with one attached hydrogen (secondary N) is 2. The van der Waals surface area contributed by atoms with Crippen molar-refractivity contribution < 1.29 is 14.2 Å². The Labute approximate surface area is 131 Å². The maximum absolute atomic E-state index is 5.50. The van der Waals surface area contributed by atoms with E-state index in [1.54, 1.807) is 7.05 Å². The van der Waals surface area contributed by atoms with Crippen LogP contribution in [0, 0.1) is 0 Å². The fraction of sp³-hybridized carbons (Fsp3) is 0.562. The molecular formula is C16H25N3O3. The maximum atomic E-state index is 5.50. The molecule has 122 valence electrons. The molecule has 0 aliphatic carbocycles. The van der Waals surface area contributed by atoms with Gasteiger partial charge < -0.3 is 24.8 Å². The van der Waals surface area contributed by atoms with Crippen LogP contribution in [0.1, 0.15) is 25.8 Å². The lowest BCUT2D eigenvalue weighted by atomic mass is 10.2. The SMILES string of the molecule is CN=C(NCCCOC(C)C)NCc1ccc2c(c1)OCO2. The molecule has 1 aliphatic rings. The van der Waals surface area contributed by atoms with Crippen LogP contribution in [0.15, 0.2) is 23.2 Å². The summed E-state index contributed by atoms with van der Waals surface area (Å²) in [5, 5.41) is 6.55. The molecular weight excluding hydrogens is 282 g/mol. The molecule has 1 heterocycles. The quantitative estimate of drug-likeness (QED) is 0.457. The molecule has 0 amide bonds. The van der Waals surface area contributed by atoms with Crippen molar-refractivity contribution in [3.8, 4) is 11.5 Å². The molecule has 0 unspecified atom stereocenters. The Kier molecular flexibility index (Phi) is 6.33. The van der Waals surface area contributed by atoms with Crippen molar-refractivity contribution in [2.24, 2.45) is 4.99 Å². The summed E-state index contributed by atoms with van der Waals surface area (Å²) in [6.07, 6.45) is 1.23. The summed E-state index contributed by atoms with van der Waals surface area (Å²) in [5.74, 6) is 2.38. The summed E-state index contributed by atoms with van der Waals surface area (Å²) in [4.78, 5) is 4.21. The lowest BCUT2D eigenvalue weighted by Gasteiger charge is -2.13. The van der Waals surface area contributed by atoms with Crippen LogP contribution in [0.5, 0.6) is 11.5 Å². The van der Waals surface area contributed by atoms with Gasteiger partial charge in [-0.2, -0.15) is 0 Å². The minimum absolute atomic E-state index is 0.281. The summed E-state index contributed by atoms with van der Waals surface area (Å²) in [6.45, 7) is 6.64. The van der Waals surface area contributed by atoms with E-state index in [1.807, 2.05) is 32.0 Å². The number of aliphatic imine (C=N–C) groups is 1. The van der Waals surface area contributed by atoms with Gasteiger partial charge in [0.2, 0.25) is 6.79 Å². The predicted octanol–water partition coefficient (Wildman–Crippen LogP) is 1.90. The van der Waals surface area contributed by atoms with Crippen LogP contribution in [-0.2, 0) is 11.3 Å². The average molecular weight is 307 g/mol. The molecule has 2 N–H and O–H groups in total. The summed E-state index contributed by atoms with van der Waals surface area (Å²) in [7, 11) is 1.76. The van der Waals surface area contributed by atoms with Gasteiger partial charge in [-0.25, -0.2) is 0 Å². The van der Waals surface area contributed by atoms with Gasteiger partial charge in [-0.3, -0.25) is 4.99 Å². The molecule has 0 atom stereocenters. The van der Waals surface area contributed by atoms with E-state index in [9.17, 15) is 0 Å². The zero-order valence-electron chi connectivity index (χ0n) is 13.5. The number of benzene rings is 1. The van der Waals surface area contributed by atoms with Gasteiger partial charge in [-0.15, -0.1) is 0 Å². The third-order valence-electron chi connectivity index (χ3n) is 3.19. The zero-order chi connectivity index (χ0) is 15.8. The monoisotopic (exact) mass is 307 g/mol. The second-order valence-electron chi connectivity index (χ2n) is 5.31. The van der Waals surface area contributed by atoms with Crippen molar-refractivity contribution in [3.05, 3.63) is 23.8 Å². The molecule has 0 saturated carbocycles. The predicted molar refractivity (Wildman–Crippen MR) is 86.5 cm³/mol. The topological polar surface area (TPSA) is 64.1 Å². The van der Waals surface area contributed by atoms with Gasteiger partial charge in [0.1, 0.15) is 0 Å². The normalized spacial score (nSPS) is 13.5. The van der Waals surface area contributed by atoms with Crippen LogP contribution in [0.2, 0.25) is 0 Å². The van der Waals surface area contributed by atoms with Crippen molar-refractivity contribution in [1.29, 1.82) is 0 Å². The lowest BCUT2D eigenvalue weighted by Crippen LogP contribution is -2.37. The summed E-state index contributed by atoms with van der Waals surface area (Å²) < 4.78 is 16.2. The number of hydrogen-bond acceptors (Lipinski definition) is 4. The van der Waals surface area contributed by atoms with Gasteiger partial charge >= 0.3 is 0 Å². The second-order valence-corrected chi connectivity index (χ2v) is 5.31. The zero-order valence-corrected chi connectivity index (χ0v) is 13.5. The number of guanidine groups is 1. The van der Waals surface area contributed by atoms with Crippen LogP contribution >= 0.6 is 0 Å². The molecule has 0 spiro atoms. The fourth-order valence-electron chi connectivity index (χ4n) is 2.06. The Morgan fingerprint density at radius 2 is 2.09 bits per heavy atom. The van der Waals surface area contributed by atoms with Gasteiger partial charge in [-0.05, 0) is 38.0 Å². The summed E-state index contributed by atoms with van der Waals surface area (Å²) in [5.41, 5.74) is 1.12. The molecule has 0 aromatic heterocycles. The first kappa shape index (κ1) is 16.4. The highest BCUT2D eigenvalue weighted by atomic mass is 16.7. The van der Waals surface area contributed by atoms with E-state index >= 15 is 0 Å². The Balaban J connectivity index is 1.70. The van der Waals surface area contributed by atoms with Gasteiger partial charge in [0.25, 0.3) is 0 Å². The molecule has 6 nitrogen and oxygen atoms in total. The van der Waals surface area contributed by atoms with E-state index in [0.717, 1.165) is 42.6 Å².